The summed E-state index contributed by atoms with van der Waals surface area (Å²) >= 11 is 1.84. The molecule has 1 unspecified atom stereocenters. The van der Waals surface area contributed by atoms with E-state index in [2.05, 4.69) is 76.5 Å². The zero-order valence-corrected chi connectivity index (χ0v) is 15.4. The summed E-state index contributed by atoms with van der Waals surface area (Å²) in [6, 6.07) is 15.1. The largest absolute Gasteiger partial charge is 0.369 e. The highest BCUT2D eigenvalue weighted by Crippen LogP contribution is 2.40. The van der Waals surface area contributed by atoms with Gasteiger partial charge in [-0.25, -0.2) is 0 Å². The topological polar surface area (TPSA) is 30.5 Å². The fourth-order valence-corrected chi connectivity index (χ4v) is 4.30. The van der Waals surface area contributed by atoms with Gasteiger partial charge in [-0.15, -0.1) is 0 Å². The molecule has 130 valence electrons. The van der Waals surface area contributed by atoms with Crippen LogP contribution in [-0.4, -0.2) is 43.6 Å². The highest BCUT2D eigenvalue weighted by Gasteiger charge is 2.23. The number of anilines is 3. The fraction of sp³-hybridized carbons (Fsp3) is 0.300. The quantitative estimate of drug-likeness (QED) is 0.869. The predicted octanol–water partition coefficient (Wildman–Crippen LogP) is 3.99. The summed E-state index contributed by atoms with van der Waals surface area (Å²) in [5.74, 6) is 0. The van der Waals surface area contributed by atoms with Crippen LogP contribution in [0.15, 0.2) is 53.9 Å². The van der Waals surface area contributed by atoms with E-state index >= 15 is 0 Å². The molecule has 0 bridgehead atoms. The van der Waals surface area contributed by atoms with Crippen LogP contribution in [0.1, 0.15) is 5.56 Å². The van der Waals surface area contributed by atoms with Crippen molar-refractivity contribution in [1.82, 2.24) is 4.90 Å². The lowest BCUT2D eigenvalue weighted by Crippen LogP contribution is -2.44. The molecule has 25 heavy (non-hydrogen) atoms. The Morgan fingerprint density at radius 2 is 1.88 bits per heavy atom. The smallest absolute Gasteiger partial charge is 0.150 e. The summed E-state index contributed by atoms with van der Waals surface area (Å²) in [6.07, 6.45) is 1.86. The Hall–Kier alpha value is -2.11. The minimum absolute atomic E-state index is 0.160. The number of hydrogen-bond donors (Lipinski definition) is 2. The third kappa shape index (κ3) is 3.62. The molecule has 4 rings (SSSR count). The van der Waals surface area contributed by atoms with Crippen LogP contribution >= 0.6 is 11.8 Å². The van der Waals surface area contributed by atoms with Crippen LogP contribution in [0.25, 0.3) is 6.08 Å². The van der Waals surface area contributed by atoms with Crippen molar-refractivity contribution in [2.24, 2.45) is 0 Å². The SMILES string of the molecule is C=Cc1ccc(NC2Nc3ccc(N4CCN(C)CC4)cc3S2)cc1. The molecule has 5 heteroatoms. The molecule has 2 N–H and O–H groups in total. The standard InChI is InChI=1S/C20H24N4S/c1-3-15-4-6-16(7-5-15)21-20-22-18-9-8-17(14-19(18)25-20)24-12-10-23(2)11-13-24/h3-9,14,20-22H,1,10-13H2,2H3. The van der Waals surface area contributed by atoms with Gasteiger partial charge in [0.05, 0.1) is 5.69 Å². The molecule has 1 atom stereocenters. The van der Waals surface area contributed by atoms with Crippen molar-refractivity contribution in [1.29, 1.82) is 0 Å². The molecule has 2 aromatic rings. The van der Waals surface area contributed by atoms with Gasteiger partial charge in [0, 0.05) is 42.4 Å². The molecular weight excluding hydrogens is 328 g/mol. The lowest BCUT2D eigenvalue weighted by atomic mass is 10.2. The summed E-state index contributed by atoms with van der Waals surface area (Å²) in [5.41, 5.74) is 4.95. The molecule has 0 aliphatic carbocycles. The number of piperazine rings is 1. The van der Waals surface area contributed by atoms with E-state index in [0.717, 1.165) is 37.4 Å². The first-order chi connectivity index (χ1) is 12.2. The maximum Gasteiger partial charge on any atom is 0.150 e. The van der Waals surface area contributed by atoms with Crippen LogP contribution in [-0.2, 0) is 0 Å². The molecule has 0 saturated carbocycles. The molecule has 4 nitrogen and oxygen atoms in total. The highest BCUT2D eigenvalue weighted by molar-refractivity contribution is 8.00. The Labute approximate surface area is 153 Å². The summed E-state index contributed by atoms with van der Waals surface area (Å²) in [7, 11) is 2.19. The number of thioether (sulfide) groups is 1. The van der Waals surface area contributed by atoms with Gasteiger partial charge in [-0.05, 0) is 42.9 Å². The highest BCUT2D eigenvalue weighted by atomic mass is 32.2. The van der Waals surface area contributed by atoms with E-state index in [1.165, 1.54) is 16.3 Å². The molecule has 0 amide bonds. The normalized spacial score (nSPS) is 20.0. The van der Waals surface area contributed by atoms with Gasteiger partial charge in [0.15, 0.2) is 0 Å². The first-order valence-electron chi connectivity index (χ1n) is 8.71. The monoisotopic (exact) mass is 352 g/mol. The van der Waals surface area contributed by atoms with Crippen LogP contribution in [0.5, 0.6) is 0 Å². The molecule has 2 heterocycles. The number of rotatable bonds is 4. The van der Waals surface area contributed by atoms with Crippen molar-refractivity contribution in [3.63, 3.8) is 0 Å². The first kappa shape index (κ1) is 16.4. The molecule has 1 saturated heterocycles. The first-order valence-corrected chi connectivity index (χ1v) is 9.59. The zero-order valence-electron chi connectivity index (χ0n) is 14.5. The van der Waals surface area contributed by atoms with Crippen molar-refractivity contribution in [3.05, 3.63) is 54.6 Å². The van der Waals surface area contributed by atoms with Gasteiger partial charge in [0.2, 0.25) is 0 Å². The van der Waals surface area contributed by atoms with Crippen LogP contribution in [0.2, 0.25) is 0 Å². The second-order valence-electron chi connectivity index (χ2n) is 6.58. The van der Waals surface area contributed by atoms with E-state index in [-0.39, 0.29) is 5.50 Å². The maximum absolute atomic E-state index is 3.80. The van der Waals surface area contributed by atoms with Gasteiger partial charge >= 0.3 is 0 Å². The number of benzene rings is 2. The number of nitrogens with zero attached hydrogens (tertiary/aromatic N) is 2. The van der Waals surface area contributed by atoms with Crippen molar-refractivity contribution in [2.45, 2.75) is 10.4 Å². The summed E-state index contributed by atoms with van der Waals surface area (Å²) in [6.45, 7) is 8.27. The second-order valence-corrected chi connectivity index (χ2v) is 7.73. The van der Waals surface area contributed by atoms with Crippen LogP contribution < -0.4 is 15.5 Å². The van der Waals surface area contributed by atoms with Gasteiger partial charge in [-0.2, -0.15) is 0 Å². The predicted molar refractivity (Wildman–Crippen MR) is 110 cm³/mol. The molecule has 2 aliphatic heterocycles. The summed E-state index contributed by atoms with van der Waals surface area (Å²) in [5, 5.41) is 7.09. The third-order valence-electron chi connectivity index (χ3n) is 4.81. The van der Waals surface area contributed by atoms with Gasteiger partial charge in [0.25, 0.3) is 0 Å². The van der Waals surface area contributed by atoms with E-state index < -0.39 is 0 Å². The van der Waals surface area contributed by atoms with E-state index in [1.54, 1.807) is 0 Å². The van der Waals surface area contributed by atoms with Crippen LogP contribution in [0.4, 0.5) is 17.1 Å². The zero-order chi connectivity index (χ0) is 17.2. The number of nitrogens with one attached hydrogen (secondary N) is 2. The fourth-order valence-electron chi connectivity index (χ4n) is 3.22. The Morgan fingerprint density at radius 3 is 2.60 bits per heavy atom. The van der Waals surface area contributed by atoms with Crippen LogP contribution in [0, 0.1) is 0 Å². The van der Waals surface area contributed by atoms with Crippen LogP contribution in [0.3, 0.4) is 0 Å². The van der Waals surface area contributed by atoms with E-state index in [9.17, 15) is 0 Å². The molecule has 2 aromatic carbocycles. The lowest BCUT2D eigenvalue weighted by molar-refractivity contribution is 0.313. The number of hydrogen-bond acceptors (Lipinski definition) is 5. The molecule has 1 fully saturated rings. The van der Waals surface area contributed by atoms with Crippen molar-refractivity contribution < 1.29 is 0 Å². The Morgan fingerprint density at radius 1 is 1.12 bits per heavy atom. The van der Waals surface area contributed by atoms with E-state index in [1.807, 2.05) is 17.8 Å². The van der Waals surface area contributed by atoms with Crippen molar-refractivity contribution >= 4 is 34.9 Å². The van der Waals surface area contributed by atoms with Crippen molar-refractivity contribution in [2.75, 3.05) is 48.8 Å². The Kier molecular flexibility index (Phi) is 4.59. The van der Waals surface area contributed by atoms with Gasteiger partial charge in [-0.3, -0.25) is 0 Å². The maximum atomic E-state index is 3.80. The number of fused-ring (bicyclic) bond motifs is 1. The summed E-state index contributed by atoms with van der Waals surface area (Å²) in [4.78, 5) is 6.18. The molecular formula is C20H24N4S. The molecule has 2 aliphatic rings. The average molecular weight is 353 g/mol. The third-order valence-corrected chi connectivity index (χ3v) is 5.87. The minimum atomic E-state index is 0.160. The average Bonchev–Trinajstić information content (AvgIpc) is 3.04. The molecule has 0 aromatic heterocycles. The molecule has 0 radical (unpaired) electrons. The van der Waals surface area contributed by atoms with E-state index in [4.69, 9.17) is 0 Å². The second kappa shape index (κ2) is 7.02. The van der Waals surface area contributed by atoms with E-state index in [0.29, 0.717) is 0 Å². The van der Waals surface area contributed by atoms with Gasteiger partial charge in [0.1, 0.15) is 5.50 Å². The molecule has 0 spiro atoms. The summed E-state index contributed by atoms with van der Waals surface area (Å²) < 4.78 is 0. The lowest BCUT2D eigenvalue weighted by Gasteiger charge is -2.34. The Bertz CT molecular complexity index is 751. The Balaban J connectivity index is 1.42. The van der Waals surface area contributed by atoms with Crippen molar-refractivity contribution in [3.8, 4) is 0 Å². The number of likely N-dealkylation sites (N-methyl/N-ethyl adjacent to an activating group) is 1. The van der Waals surface area contributed by atoms with Gasteiger partial charge in [-0.1, -0.05) is 36.5 Å². The minimum Gasteiger partial charge on any atom is -0.369 e. The van der Waals surface area contributed by atoms with Gasteiger partial charge < -0.3 is 20.4 Å².